The number of rotatable bonds is 12. The van der Waals surface area contributed by atoms with Crippen LogP contribution >= 0.6 is 0 Å². The molecule has 0 atom stereocenters. The summed E-state index contributed by atoms with van der Waals surface area (Å²) in [4.78, 5) is 14.4. The van der Waals surface area contributed by atoms with Gasteiger partial charge in [-0.2, -0.15) is 0 Å². The fourth-order valence-electron chi connectivity index (χ4n) is 3.73. The lowest BCUT2D eigenvalue weighted by atomic mass is 9.79. The van der Waals surface area contributed by atoms with Crippen molar-refractivity contribution >= 4 is 6.09 Å². The number of hydrogen-bond donors (Lipinski definition) is 3. The van der Waals surface area contributed by atoms with E-state index in [9.17, 15) is 4.79 Å². The van der Waals surface area contributed by atoms with Crippen molar-refractivity contribution in [1.29, 1.82) is 0 Å². The zero-order valence-corrected chi connectivity index (χ0v) is 15.2. The van der Waals surface area contributed by atoms with Crippen molar-refractivity contribution in [2.75, 3.05) is 46.4 Å². The van der Waals surface area contributed by atoms with E-state index in [1.54, 1.807) is 7.05 Å². The van der Waals surface area contributed by atoms with Crippen molar-refractivity contribution in [3.05, 3.63) is 0 Å². The molecule has 3 N–H and O–H groups in total. The predicted molar refractivity (Wildman–Crippen MR) is 95.2 cm³/mol. The molecule has 0 unspecified atom stereocenters. The average molecular weight is 344 g/mol. The highest BCUT2D eigenvalue weighted by Gasteiger charge is 2.23. The van der Waals surface area contributed by atoms with Crippen LogP contribution in [0.5, 0.6) is 0 Å². The third kappa shape index (κ3) is 8.85. The molecule has 1 aliphatic rings. The SMILES string of the molecule is CN(CC1CCC(CCCCCN(CCO)CCO)CC1)C(=O)O. The first-order chi connectivity index (χ1) is 11.6. The van der Waals surface area contributed by atoms with Crippen molar-refractivity contribution in [3.63, 3.8) is 0 Å². The van der Waals surface area contributed by atoms with Crippen molar-refractivity contribution < 1.29 is 20.1 Å². The van der Waals surface area contributed by atoms with Crippen LogP contribution in [0.4, 0.5) is 4.79 Å². The molecule has 24 heavy (non-hydrogen) atoms. The zero-order chi connectivity index (χ0) is 17.8. The lowest BCUT2D eigenvalue weighted by molar-refractivity contribution is 0.138. The van der Waals surface area contributed by atoms with Gasteiger partial charge < -0.3 is 20.2 Å². The quantitative estimate of drug-likeness (QED) is 0.473. The molecule has 6 heteroatoms. The molecule has 0 aliphatic heterocycles. The van der Waals surface area contributed by atoms with Gasteiger partial charge in [0.05, 0.1) is 13.2 Å². The lowest BCUT2D eigenvalue weighted by Crippen LogP contribution is -2.32. The molecule has 1 aliphatic carbocycles. The summed E-state index contributed by atoms with van der Waals surface area (Å²) < 4.78 is 0. The van der Waals surface area contributed by atoms with Gasteiger partial charge in [-0.1, -0.05) is 32.1 Å². The van der Waals surface area contributed by atoms with Crippen molar-refractivity contribution in [3.8, 4) is 0 Å². The van der Waals surface area contributed by atoms with Crippen LogP contribution in [0, 0.1) is 11.8 Å². The molecule has 0 aromatic rings. The summed E-state index contributed by atoms with van der Waals surface area (Å²) in [6.45, 7) is 3.23. The fraction of sp³-hybridized carbons (Fsp3) is 0.944. The Balaban J connectivity index is 2.06. The summed E-state index contributed by atoms with van der Waals surface area (Å²) in [7, 11) is 1.66. The van der Waals surface area contributed by atoms with Gasteiger partial charge in [-0.25, -0.2) is 4.79 Å². The summed E-state index contributed by atoms with van der Waals surface area (Å²) in [5.74, 6) is 1.34. The van der Waals surface area contributed by atoms with Crippen LogP contribution < -0.4 is 0 Å². The molecule has 1 rings (SSSR count). The van der Waals surface area contributed by atoms with E-state index in [4.69, 9.17) is 15.3 Å². The number of carboxylic acid groups (broad SMARTS) is 1. The summed E-state index contributed by atoms with van der Waals surface area (Å²) in [6, 6.07) is 0. The summed E-state index contributed by atoms with van der Waals surface area (Å²) in [6.07, 6.45) is 8.81. The van der Waals surface area contributed by atoms with Crippen LogP contribution in [-0.2, 0) is 0 Å². The van der Waals surface area contributed by atoms with Crippen LogP contribution in [0.15, 0.2) is 0 Å². The highest BCUT2D eigenvalue weighted by Crippen LogP contribution is 2.32. The fourth-order valence-corrected chi connectivity index (χ4v) is 3.73. The van der Waals surface area contributed by atoms with Crippen molar-refractivity contribution in [2.24, 2.45) is 11.8 Å². The topological polar surface area (TPSA) is 84.2 Å². The molecule has 1 saturated carbocycles. The number of aliphatic hydroxyl groups is 2. The van der Waals surface area contributed by atoms with Crippen molar-refractivity contribution in [1.82, 2.24) is 9.80 Å². The Hall–Kier alpha value is -0.850. The zero-order valence-electron chi connectivity index (χ0n) is 15.2. The largest absolute Gasteiger partial charge is 0.465 e. The molecular weight excluding hydrogens is 308 g/mol. The molecule has 0 heterocycles. The number of amides is 1. The van der Waals surface area contributed by atoms with Gasteiger partial charge >= 0.3 is 6.09 Å². The van der Waals surface area contributed by atoms with E-state index in [0.29, 0.717) is 25.6 Å². The van der Waals surface area contributed by atoms with Gasteiger partial charge in [-0.05, 0) is 37.6 Å². The maximum atomic E-state index is 10.9. The van der Waals surface area contributed by atoms with E-state index < -0.39 is 6.09 Å². The molecule has 6 nitrogen and oxygen atoms in total. The molecule has 0 bridgehead atoms. The van der Waals surface area contributed by atoms with Gasteiger partial charge in [0.25, 0.3) is 0 Å². The number of aliphatic hydroxyl groups excluding tert-OH is 2. The Morgan fingerprint density at radius 1 is 0.917 bits per heavy atom. The van der Waals surface area contributed by atoms with E-state index in [1.165, 1.54) is 37.0 Å². The molecule has 0 aromatic carbocycles. The highest BCUT2D eigenvalue weighted by atomic mass is 16.4. The Bertz CT molecular complexity index is 327. The second-order valence-electron chi connectivity index (χ2n) is 7.19. The second kappa shape index (κ2) is 12.5. The average Bonchev–Trinajstić information content (AvgIpc) is 2.56. The van der Waals surface area contributed by atoms with Gasteiger partial charge in [-0.3, -0.25) is 4.90 Å². The third-order valence-corrected chi connectivity index (χ3v) is 5.24. The molecule has 0 aromatic heterocycles. The van der Waals surface area contributed by atoms with Crippen LogP contribution in [0.25, 0.3) is 0 Å². The number of hydrogen-bond acceptors (Lipinski definition) is 4. The molecule has 142 valence electrons. The molecule has 0 spiro atoms. The second-order valence-corrected chi connectivity index (χ2v) is 7.19. The van der Waals surface area contributed by atoms with Gasteiger partial charge in [0.2, 0.25) is 0 Å². The third-order valence-electron chi connectivity index (χ3n) is 5.24. The van der Waals surface area contributed by atoms with E-state index in [-0.39, 0.29) is 13.2 Å². The van der Waals surface area contributed by atoms with Crippen LogP contribution in [0.2, 0.25) is 0 Å². The normalized spacial score (nSPS) is 21.2. The number of carbonyl (C=O) groups is 1. The number of unbranched alkanes of at least 4 members (excludes halogenated alkanes) is 2. The monoisotopic (exact) mass is 344 g/mol. The summed E-state index contributed by atoms with van der Waals surface area (Å²) >= 11 is 0. The van der Waals surface area contributed by atoms with E-state index in [1.807, 2.05) is 0 Å². The van der Waals surface area contributed by atoms with Crippen molar-refractivity contribution in [2.45, 2.75) is 51.4 Å². The van der Waals surface area contributed by atoms with Gasteiger partial charge in [-0.15, -0.1) is 0 Å². The van der Waals surface area contributed by atoms with E-state index in [2.05, 4.69) is 4.90 Å². The molecule has 0 radical (unpaired) electrons. The Labute approximate surface area is 146 Å². The summed E-state index contributed by atoms with van der Waals surface area (Å²) in [5, 5.41) is 26.9. The van der Waals surface area contributed by atoms with Gasteiger partial charge in [0, 0.05) is 26.7 Å². The minimum absolute atomic E-state index is 0.153. The maximum absolute atomic E-state index is 10.9. The Morgan fingerprint density at radius 2 is 1.50 bits per heavy atom. The first-order valence-corrected chi connectivity index (χ1v) is 9.45. The molecule has 0 saturated heterocycles. The first kappa shape index (κ1) is 21.2. The molecular formula is C18H36N2O4. The van der Waals surface area contributed by atoms with Crippen LogP contribution in [0.3, 0.4) is 0 Å². The standard InChI is InChI=1S/C18H36N2O4/c1-19(18(23)24)15-17-8-6-16(7-9-17)5-3-2-4-10-20(11-13-21)12-14-22/h16-17,21-22H,2-15H2,1H3,(H,23,24). The van der Waals surface area contributed by atoms with Crippen LogP contribution in [-0.4, -0.2) is 77.7 Å². The molecule has 1 amide bonds. The smallest absolute Gasteiger partial charge is 0.407 e. The minimum Gasteiger partial charge on any atom is -0.465 e. The van der Waals surface area contributed by atoms with Crippen LogP contribution in [0.1, 0.15) is 51.4 Å². The predicted octanol–water partition coefficient (Wildman–Crippen LogP) is 2.25. The molecule has 1 fully saturated rings. The Morgan fingerprint density at radius 3 is 2.04 bits per heavy atom. The minimum atomic E-state index is -0.825. The summed E-state index contributed by atoms with van der Waals surface area (Å²) in [5.41, 5.74) is 0. The first-order valence-electron chi connectivity index (χ1n) is 9.45. The maximum Gasteiger partial charge on any atom is 0.407 e. The van der Waals surface area contributed by atoms with Gasteiger partial charge in [0.15, 0.2) is 0 Å². The lowest BCUT2D eigenvalue weighted by Gasteiger charge is -2.30. The van der Waals surface area contributed by atoms with E-state index in [0.717, 1.165) is 31.7 Å². The van der Waals surface area contributed by atoms with Gasteiger partial charge in [0.1, 0.15) is 0 Å². The number of nitrogens with zero attached hydrogens (tertiary/aromatic N) is 2. The highest BCUT2D eigenvalue weighted by molar-refractivity contribution is 5.64. The Kier molecular flexibility index (Phi) is 11.0. The van der Waals surface area contributed by atoms with E-state index >= 15 is 0 Å².